The highest BCUT2D eigenvalue weighted by Crippen LogP contribution is 2.41. The third-order valence-corrected chi connectivity index (χ3v) is 4.79. The minimum absolute atomic E-state index is 0.197. The van der Waals surface area contributed by atoms with Crippen LogP contribution in [0.15, 0.2) is 18.2 Å². The number of nitrogens with zero attached hydrogens (tertiary/aromatic N) is 2. The smallest absolute Gasteiger partial charge is 0.335 e. The molecule has 0 aromatic heterocycles. The highest BCUT2D eigenvalue weighted by Gasteiger charge is 2.56. The van der Waals surface area contributed by atoms with Gasteiger partial charge in [-0.05, 0) is 37.7 Å². The summed E-state index contributed by atoms with van der Waals surface area (Å²) in [7, 11) is 1.93. The molecular formula is C16H19FN2O3. The van der Waals surface area contributed by atoms with E-state index in [0.29, 0.717) is 30.9 Å². The number of amides is 1. The fourth-order valence-electron chi connectivity index (χ4n) is 3.46. The predicted molar refractivity (Wildman–Crippen MR) is 79.9 cm³/mol. The van der Waals surface area contributed by atoms with Crippen LogP contribution in [0.2, 0.25) is 0 Å². The number of likely N-dealkylation sites (tertiary alicyclic amines) is 1. The Labute approximate surface area is 128 Å². The highest BCUT2D eigenvalue weighted by molar-refractivity contribution is 6.03. The van der Waals surface area contributed by atoms with E-state index in [9.17, 15) is 9.59 Å². The van der Waals surface area contributed by atoms with E-state index >= 15 is 4.39 Å². The number of carbonyl (C=O) groups is 2. The molecular weight excluding hydrogens is 287 g/mol. The van der Waals surface area contributed by atoms with Crippen LogP contribution in [0.4, 0.5) is 10.1 Å². The first-order chi connectivity index (χ1) is 10.3. The number of aromatic carboxylic acids is 1. The van der Waals surface area contributed by atoms with Crippen LogP contribution in [0.25, 0.3) is 0 Å². The summed E-state index contributed by atoms with van der Waals surface area (Å²) in [6.07, 6.45) is 0.218. The Morgan fingerprint density at radius 1 is 1.41 bits per heavy atom. The van der Waals surface area contributed by atoms with Gasteiger partial charge in [0.25, 0.3) is 5.91 Å². The van der Waals surface area contributed by atoms with Gasteiger partial charge >= 0.3 is 5.97 Å². The second-order valence-electron chi connectivity index (χ2n) is 6.29. The fourth-order valence-corrected chi connectivity index (χ4v) is 3.46. The van der Waals surface area contributed by atoms with Crippen LogP contribution in [0.3, 0.4) is 0 Å². The van der Waals surface area contributed by atoms with Crippen LogP contribution in [0, 0.1) is 12.8 Å². The van der Waals surface area contributed by atoms with Crippen molar-refractivity contribution >= 4 is 17.6 Å². The van der Waals surface area contributed by atoms with Gasteiger partial charge in [0.1, 0.15) is 0 Å². The molecule has 2 aliphatic rings. The Balaban J connectivity index is 1.92. The second kappa shape index (κ2) is 5.05. The molecule has 0 bridgehead atoms. The quantitative estimate of drug-likeness (QED) is 0.903. The van der Waals surface area contributed by atoms with Crippen molar-refractivity contribution in [1.29, 1.82) is 0 Å². The van der Waals surface area contributed by atoms with E-state index in [1.54, 1.807) is 19.1 Å². The van der Waals surface area contributed by atoms with Gasteiger partial charge < -0.3 is 14.9 Å². The molecule has 1 aromatic carbocycles. The molecule has 2 heterocycles. The molecule has 2 fully saturated rings. The van der Waals surface area contributed by atoms with E-state index in [-0.39, 0.29) is 17.9 Å². The summed E-state index contributed by atoms with van der Waals surface area (Å²) in [6, 6.07) is 4.70. The number of anilines is 1. The van der Waals surface area contributed by atoms with Gasteiger partial charge in [0.05, 0.1) is 5.56 Å². The van der Waals surface area contributed by atoms with Gasteiger partial charge in [-0.2, -0.15) is 0 Å². The lowest BCUT2D eigenvalue weighted by molar-refractivity contribution is -0.131. The van der Waals surface area contributed by atoms with Crippen molar-refractivity contribution in [2.45, 2.75) is 19.0 Å². The fraction of sp³-hybridized carbons (Fsp3) is 0.500. The molecule has 1 amide bonds. The largest absolute Gasteiger partial charge is 0.478 e. The minimum Gasteiger partial charge on any atom is -0.478 e. The van der Waals surface area contributed by atoms with Gasteiger partial charge in [0.15, 0.2) is 5.67 Å². The molecule has 3 rings (SSSR count). The maximum absolute atomic E-state index is 15.1. The Bertz CT molecular complexity index is 648. The lowest BCUT2D eigenvalue weighted by atomic mass is 9.85. The van der Waals surface area contributed by atoms with Crippen molar-refractivity contribution in [3.63, 3.8) is 0 Å². The lowest BCUT2D eigenvalue weighted by Gasteiger charge is -2.34. The summed E-state index contributed by atoms with van der Waals surface area (Å²) < 4.78 is 15.1. The number of hydrogen-bond acceptors (Lipinski definition) is 3. The third kappa shape index (κ3) is 2.18. The zero-order valence-electron chi connectivity index (χ0n) is 12.7. The Kier molecular flexibility index (Phi) is 3.44. The van der Waals surface area contributed by atoms with Crippen LogP contribution in [-0.4, -0.2) is 54.2 Å². The second-order valence-corrected chi connectivity index (χ2v) is 6.29. The van der Waals surface area contributed by atoms with Crippen LogP contribution in [-0.2, 0) is 4.79 Å². The highest BCUT2D eigenvalue weighted by atomic mass is 19.1. The summed E-state index contributed by atoms with van der Waals surface area (Å²) in [4.78, 5) is 27.1. The summed E-state index contributed by atoms with van der Waals surface area (Å²) in [5.41, 5.74) is -0.451. The topological polar surface area (TPSA) is 60.9 Å². The molecule has 5 nitrogen and oxygen atoms in total. The molecule has 1 aromatic rings. The van der Waals surface area contributed by atoms with Crippen LogP contribution in [0.1, 0.15) is 22.3 Å². The van der Waals surface area contributed by atoms with E-state index in [0.717, 1.165) is 0 Å². The summed E-state index contributed by atoms with van der Waals surface area (Å²) in [5.74, 6) is -1.83. The monoisotopic (exact) mass is 306 g/mol. The van der Waals surface area contributed by atoms with Crippen LogP contribution < -0.4 is 4.90 Å². The number of carboxylic acid groups (broad SMARTS) is 1. The summed E-state index contributed by atoms with van der Waals surface area (Å²) in [5, 5.41) is 9.07. The third-order valence-electron chi connectivity index (χ3n) is 4.79. The first-order valence-electron chi connectivity index (χ1n) is 7.36. The minimum atomic E-state index is -1.79. The molecule has 0 aliphatic carbocycles. The maximum atomic E-state index is 15.1. The lowest BCUT2D eigenvalue weighted by Crippen LogP contribution is -2.49. The normalized spacial score (nSPS) is 28.8. The first kappa shape index (κ1) is 15.0. The number of carboxylic acids is 1. The molecule has 2 aliphatic heterocycles. The van der Waals surface area contributed by atoms with E-state index in [1.807, 2.05) is 11.9 Å². The molecule has 2 saturated heterocycles. The Hall–Kier alpha value is -1.95. The molecule has 2 atom stereocenters. The number of piperidine rings is 1. The van der Waals surface area contributed by atoms with E-state index in [2.05, 4.69) is 0 Å². The van der Waals surface area contributed by atoms with Gasteiger partial charge in [-0.1, -0.05) is 0 Å². The molecule has 118 valence electrons. The molecule has 0 spiro atoms. The standard InChI is InChI=1S/C16H19FN2O3/c1-10-7-12(3-4-13(10)14(20)21)19-9-11-8-18(2)6-5-16(11,17)15(19)22/h3-4,7,11H,5-6,8-9H2,1-2H3,(H,20,21)/t11-,16+/m0/s1. The summed E-state index contributed by atoms with van der Waals surface area (Å²) >= 11 is 0. The van der Waals surface area contributed by atoms with E-state index < -0.39 is 17.5 Å². The number of fused-ring (bicyclic) bond motifs is 1. The van der Waals surface area contributed by atoms with E-state index in [1.165, 1.54) is 11.0 Å². The zero-order valence-corrected chi connectivity index (χ0v) is 12.7. The van der Waals surface area contributed by atoms with Crippen molar-refractivity contribution < 1.29 is 19.1 Å². The average Bonchev–Trinajstić information content (AvgIpc) is 2.71. The zero-order chi connectivity index (χ0) is 16.1. The number of halogens is 1. The number of rotatable bonds is 2. The number of carbonyl (C=O) groups excluding carboxylic acids is 1. The van der Waals surface area contributed by atoms with Gasteiger partial charge in [0.2, 0.25) is 0 Å². The van der Waals surface area contributed by atoms with E-state index in [4.69, 9.17) is 5.11 Å². The molecule has 0 radical (unpaired) electrons. The number of benzene rings is 1. The molecule has 0 saturated carbocycles. The van der Waals surface area contributed by atoms with Gasteiger partial charge in [-0.3, -0.25) is 4.79 Å². The SMILES string of the molecule is Cc1cc(N2C[C@@H]3CN(C)CC[C@]3(F)C2=O)ccc1C(=O)O. The Morgan fingerprint density at radius 3 is 2.77 bits per heavy atom. The van der Waals surface area contributed by atoms with Crippen molar-refractivity contribution in [1.82, 2.24) is 4.90 Å². The average molecular weight is 306 g/mol. The predicted octanol–water partition coefficient (Wildman–Crippen LogP) is 1.70. The maximum Gasteiger partial charge on any atom is 0.335 e. The number of aryl methyl sites for hydroxylation is 1. The Morgan fingerprint density at radius 2 is 2.14 bits per heavy atom. The van der Waals surface area contributed by atoms with Crippen molar-refractivity contribution in [2.24, 2.45) is 5.92 Å². The molecule has 22 heavy (non-hydrogen) atoms. The van der Waals surface area contributed by atoms with Crippen LogP contribution >= 0.6 is 0 Å². The van der Waals surface area contributed by atoms with Crippen molar-refractivity contribution in [3.05, 3.63) is 29.3 Å². The van der Waals surface area contributed by atoms with Gasteiger partial charge in [-0.25, -0.2) is 9.18 Å². The molecule has 6 heteroatoms. The molecule has 0 unspecified atom stereocenters. The number of hydrogen-bond donors (Lipinski definition) is 1. The van der Waals surface area contributed by atoms with Crippen molar-refractivity contribution in [3.8, 4) is 0 Å². The van der Waals surface area contributed by atoms with Gasteiger partial charge in [-0.15, -0.1) is 0 Å². The van der Waals surface area contributed by atoms with Crippen LogP contribution in [0.5, 0.6) is 0 Å². The number of alkyl halides is 1. The molecule has 1 N–H and O–H groups in total. The van der Waals surface area contributed by atoms with Crippen molar-refractivity contribution in [2.75, 3.05) is 31.6 Å². The van der Waals surface area contributed by atoms with Gasteiger partial charge in [0, 0.05) is 37.7 Å². The first-order valence-corrected chi connectivity index (χ1v) is 7.36. The summed E-state index contributed by atoms with van der Waals surface area (Å²) in [6.45, 7) is 3.15.